The number of nitrogens with one attached hydrogen (secondary N) is 1. The van der Waals surface area contributed by atoms with E-state index in [0.717, 1.165) is 38.2 Å². The van der Waals surface area contributed by atoms with E-state index in [0.29, 0.717) is 24.4 Å². The van der Waals surface area contributed by atoms with Crippen molar-refractivity contribution in [3.05, 3.63) is 42.1 Å². The molecule has 2 aliphatic heterocycles. The van der Waals surface area contributed by atoms with Crippen LogP contribution < -0.4 is 16.0 Å². The fraction of sp³-hybridized carbons (Fsp3) is 0.500. The Hall–Kier alpha value is -2.87. The van der Waals surface area contributed by atoms with Crippen molar-refractivity contribution in [2.75, 3.05) is 35.6 Å². The fourth-order valence-electron chi connectivity index (χ4n) is 4.04. The lowest BCUT2D eigenvalue weighted by molar-refractivity contribution is 0.177. The topological polar surface area (TPSA) is 96.6 Å². The number of piperidine rings is 1. The molecule has 2 saturated heterocycles. The average Bonchev–Trinajstić information content (AvgIpc) is 3.13. The van der Waals surface area contributed by atoms with Gasteiger partial charge in [0.2, 0.25) is 5.95 Å². The van der Waals surface area contributed by atoms with E-state index in [4.69, 9.17) is 10.5 Å². The molecule has 2 aliphatic rings. The van der Waals surface area contributed by atoms with Gasteiger partial charge < -0.3 is 15.8 Å². The van der Waals surface area contributed by atoms with E-state index < -0.39 is 0 Å². The Bertz CT molecular complexity index is 864. The molecular weight excluding hydrogens is 380 g/mol. The summed E-state index contributed by atoms with van der Waals surface area (Å²) in [6, 6.07) is 10.2. The van der Waals surface area contributed by atoms with Crippen LogP contribution in [0.2, 0.25) is 0 Å². The van der Waals surface area contributed by atoms with Gasteiger partial charge in [-0.3, -0.25) is 9.80 Å². The van der Waals surface area contributed by atoms with Crippen molar-refractivity contribution in [1.82, 2.24) is 14.9 Å². The van der Waals surface area contributed by atoms with Gasteiger partial charge in [-0.1, -0.05) is 26.0 Å². The zero-order valence-corrected chi connectivity index (χ0v) is 17.6. The second kappa shape index (κ2) is 8.87. The van der Waals surface area contributed by atoms with Gasteiger partial charge in [0.05, 0.1) is 6.04 Å². The fourth-order valence-corrected chi connectivity index (χ4v) is 4.04. The Kier molecular flexibility index (Phi) is 6.03. The number of rotatable bonds is 6. The third kappa shape index (κ3) is 4.64. The van der Waals surface area contributed by atoms with Crippen molar-refractivity contribution < 1.29 is 9.53 Å². The SMILES string of the molecule is CC(C)C1COC(=O)N1c1ccnc(NC2CCN(Cc3ccc(N)cc3)CC2)n1. The quantitative estimate of drug-likeness (QED) is 0.706. The molecular formula is C22H30N6O2. The Balaban J connectivity index is 1.34. The van der Waals surface area contributed by atoms with Gasteiger partial charge in [0.15, 0.2) is 0 Å². The first-order chi connectivity index (χ1) is 14.5. The molecule has 160 valence electrons. The number of carbonyl (C=O) groups is 1. The highest BCUT2D eigenvalue weighted by atomic mass is 16.6. The Morgan fingerprint density at radius 2 is 1.93 bits per heavy atom. The summed E-state index contributed by atoms with van der Waals surface area (Å²) >= 11 is 0. The Morgan fingerprint density at radius 3 is 2.63 bits per heavy atom. The molecule has 1 aromatic carbocycles. The number of nitrogens with zero attached hydrogens (tertiary/aromatic N) is 4. The van der Waals surface area contributed by atoms with E-state index >= 15 is 0 Å². The lowest BCUT2D eigenvalue weighted by Gasteiger charge is -2.32. The maximum atomic E-state index is 12.2. The lowest BCUT2D eigenvalue weighted by atomic mass is 10.0. The van der Waals surface area contributed by atoms with Crippen molar-refractivity contribution in [1.29, 1.82) is 0 Å². The minimum Gasteiger partial charge on any atom is -0.447 e. The van der Waals surface area contributed by atoms with Crippen LogP contribution in [-0.4, -0.2) is 52.7 Å². The van der Waals surface area contributed by atoms with Crippen molar-refractivity contribution in [2.24, 2.45) is 5.92 Å². The molecule has 1 amide bonds. The van der Waals surface area contributed by atoms with E-state index in [1.165, 1.54) is 5.56 Å². The monoisotopic (exact) mass is 410 g/mol. The highest BCUT2D eigenvalue weighted by molar-refractivity contribution is 5.89. The number of nitrogens with two attached hydrogens (primary N) is 1. The van der Waals surface area contributed by atoms with Crippen LogP contribution in [0.3, 0.4) is 0 Å². The number of hydrogen-bond donors (Lipinski definition) is 2. The van der Waals surface area contributed by atoms with Gasteiger partial charge in [-0.25, -0.2) is 9.78 Å². The van der Waals surface area contributed by atoms with Crippen LogP contribution in [0, 0.1) is 5.92 Å². The summed E-state index contributed by atoms with van der Waals surface area (Å²) in [4.78, 5) is 25.3. The van der Waals surface area contributed by atoms with Crippen molar-refractivity contribution in [3.63, 3.8) is 0 Å². The number of cyclic esters (lactones) is 1. The molecule has 8 heteroatoms. The van der Waals surface area contributed by atoms with Crippen molar-refractivity contribution in [3.8, 4) is 0 Å². The van der Waals surface area contributed by atoms with Crippen LogP contribution in [0.4, 0.5) is 22.2 Å². The van der Waals surface area contributed by atoms with Crippen LogP contribution in [0.5, 0.6) is 0 Å². The third-order valence-corrected chi connectivity index (χ3v) is 5.87. The van der Waals surface area contributed by atoms with Crippen LogP contribution in [-0.2, 0) is 11.3 Å². The van der Waals surface area contributed by atoms with Crippen molar-refractivity contribution in [2.45, 2.75) is 45.3 Å². The summed E-state index contributed by atoms with van der Waals surface area (Å²) in [5, 5.41) is 3.45. The molecule has 3 N–H and O–H groups in total. The summed E-state index contributed by atoms with van der Waals surface area (Å²) in [5.41, 5.74) is 7.85. The summed E-state index contributed by atoms with van der Waals surface area (Å²) < 4.78 is 5.24. The predicted molar refractivity (Wildman–Crippen MR) is 117 cm³/mol. The van der Waals surface area contributed by atoms with Gasteiger partial charge in [-0.05, 0) is 42.5 Å². The molecule has 0 spiro atoms. The number of anilines is 3. The molecule has 0 bridgehead atoms. The number of aromatic nitrogens is 2. The second-order valence-corrected chi connectivity index (χ2v) is 8.43. The molecule has 3 heterocycles. The van der Waals surface area contributed by atoms with Gasteiger partial charge in [0.1, 0.15) is 12.4 Å². The number of carbonyl (C=O) groups excluding carboxylic acids is 1. The molecule has 1 aromatic heterocycles. The van der Waals surface area contributed by atoms with Gasteiger partial charge >= 0.3 is 6.09 Å². The van der Waals surface area contributed by atoms with E-state index in [1.807, 2.05) is 12.1 Å². The van der Waals surface area contributed by atoms with Crippen LogP contribution in [0.25, 0.3) is 0 Å². The minimum atomic E-state index is -0.339. The van der Waals surface area contributed by atoms with Crippen LogP contribution in [0.1, 0.15) is 32.3 Å². The molecule has 2 aromatic rings. The van der Waals surface area contributed by atoms with Crippen LogP contribution in [0.15, 0.2) is 36.5 Å². The molecule has 1 unspecified atom stereocenters. The smallest absolute Gasteiger partial charge is 0.415 e. The molecule has 4 rings (SSSR count). The summed E-state index contributed by atoms with van der Waals surface area (Å²) in [5.74, 6) is 1.44. The maximum absolute atomic E-state index is 12.2. The number of ether oxygens (including phenoxy) is 1. The van der Waals surface area contributed by atoms with Gasteiger partial charge in [-0.15, -0.1) is 0 Å². The predicted octanol–water partition coefficient (Wildman–Crippen LogP) is 3.12. The Labute approximate surface area is 177 Å². The number of benzene rings is 1. The number of likely N-dealkylation sites (tertiary alicyclic amines) is 1. The zero-order valence-electron chi connectivity index (χ0n) is 17.6. The summed E-state index contributed by atoms with van der Waals surface area (Å²) in [6.07, 6.45) is 3.39. The van der Waals surface area contributed by atoms with E-state index in [-0.39, 0.29) is 18.1 Å². The number of nitrogen functional groups attached to an aromatic ring is 1. The van der Waals surface area contributed by atoms with E-state index in [1.54, 1.807) is 17.2 Å². The highest BCUT2D eigenvalue weighted by Gasteiger charge is 2.37. The van der Waals surface area contributed by atoms with Crippen LogP contribution >= 0.6 is 0 Å². The second-order valence-electron chi connectivity index (χ2n) is 8.43. The van der Waals surface area contributed by atoms with E-state index in [9.17, 15) is 4.79 Å². The molecule has 30 heavy (non-hydrogen) atoms. The standard InChI is InChI=1S/C22H30N6O2/c1-15(2)19-14-30-22(29)28(19)20-7-10-24-21(26-20)25-18-8-11-27(12-9-18)13-16-3-5-17(23)6-4-16/h3-7,10,15,18-19H,8-9,11-14,23H2,1-2H3,(H,24,25,26). The molecule has 1 atom stereocenters. The summed E-state index contributed by atoms with van der Waals surface area (Å²) in [7, 11) is 0. The lowest BCUT2D eigenvalue weighted by Crippen LogP contribution is -2.39. The molecule has 0 aliphatic carbocycles. The van der Waals surface area contributed by atoms with Gasteiger partial charge in [-0.2, -0.15) is 4.98 Å². The molecule has 0 saturated carbocycles. The number of hydrogen-bond acceptors (Lipinski definition) is 7. The molecule has 0 radical (unpaired) electrons. The maximum Gasteiger partial charge on any atom is 0.415 e. The Morgan fingerprint density at radius 1 is 1.20 bits per heavy atom. The van der Waals surface area contributed by atoms with Gasteiger partial charge in [0, 0.05) is 37.6 Å². The summed E-state index contributed by atoms with van der Waals surface area (Å²) in [6.45, 7) is 7.52. The number of amides is 1. The average molecular weight is 411 g/mol. The van der Waals surface area contributed by atoms with Gasteiger partial charge in [0.25, 0.3) is 0 Å². The van der Waals surface area contributed by atoms with Crippen molar-refractivity contribution >= 4 is 23.5 Å². The first-order valence-corrected chi connectivity index (χ1v) is 10.6. The molecule has 2 fully saturated rings. The normalized spacial score (nSPS) is 20.6. The largest absolute Gasteiger partial charge is 0.447 e. The first kappa shape index (κ1) is 20.4. The van der Waals surface area contributed by atoms with E-state index in [2.05, 4.69) is 46.2 Å². The zero-order chi connectivity index (χ0) is 21.1. The first-order valence-electron chi connectivity index (χ1n) is 10.6. The molecule has 8 nitrogen and oxygen atoms in total. The minimum absolute atomic E-state index is 0.00294. The highest BCUT2D eigenvalue weighted by Crippen LogP contribution is 2.26. The third-order valence-electron chi connectivity index (χ3n) is 5.87.